The Balaban J connectivity index is 1.61. The largest absolute Gasteiger partial charge is 0.462 e. The predicted octanol–water partition coefficient (Wildman–Crippen LogP) is 5.59. The molecule has 2 aromatic carbocycles. The fourth-order valence-corrected chi connectivity index (χ4v) is 3.15. The average Bonchev–Trinajstić information content (AvgIpc) is 3.18. The van der Waals surface area contributed by atoms with Crippen LogP contribution >= 0.6 is 11.6 Å². The second kappa shape index (κ2) is 8.32. The second-order valence-electron chi connectivity index (χ2n) is 6.52. The van der Waals surface area contributed by atoms with E-state index in [1.54, 1.807) is 12.1 Å². The lowest BCUT2D eigenvalue weighted by Crippen LogP contribution is -2.05. The highest BCUT2D eigenvalue weighted by molar-refractivity contribution is 6.30. The molecule has 7 heteroatoms. The van der Waals surface area contributed by atoms with Crippen molar-refractivity contribution in [2.75, 3.05) is 11.9 Å². The normalized spacial score (nSPS) is 10.8. The van der Waals surface area contributed by atoms with E-state index in [1.807, 2.05) is 49.4 Å². The summed E-state index contributed by atoms with van der Waals surface area (Å²) in [6.07, 6.45) is 2.30. The Hall–Kier alpha value is -3.38. The minimum Gasteiger partial charge on any atom is -0.462 e. The van der Waals surface area contributed by atoms with Gasteiger partial charge in [0.05, 0.1) is 17.6 Å². The number of hydrogen-bond donors (Lipinski definition) is 2. The van der Waals surface area contributed by atoms with Crippen LogP contribution in [0.5, 0.6) is 0 Å². The monoisotopic (exact) mass is 406 g/mol. The zero-order chi connectivity index (χ0) is 20.2. The highest BCUT2D eigenvalue weighted by Gasteiger charge is 2.11. The van der Waals surface area contributed by atoms with Gasteiger partial charge in [-0.3, -0.25) is 0 Å². The molecule has 0 unspecified atom stereocenters. The Morgan fingerprint density at radius 3 is 2.72 bits per heavy atom. The number of halogens is 1. The SMILES string of the molecule is CCCOC(=O)c1ccc(-c2cc3c(Nc4cccc(Cl)c4)ncnc3[nH]2)cc1. The van der Waals surface area contributed by atoms with Crippen LogP contribution in [0.25, 0.3) is 22.3 Å². The molecule has 2 aromatic heterocycles. The highest BCUT2D eigenvalue weighted by atomic mass is 35.5. The van der Waals surface area contributed by atoms with Gasteiger partial charge in [-0.15, -0.1) is 0 Å². The molecule has 0 aliphatic heterocycles. The zero-order valence-corrected chi connectivity index (χ0v) is 16.5. The van der Waals surface area contributed by atoms with Gasteiger partial charge in [0.25, 0.3) is 0 Å². The maximum Gasteiger partial charge on any atom is 0.338 e. The van der Waals surface area contributed by atoms with Gasteiger partial charge in [0.1, 0.15) is 17.8 Å². The Morgan fingerprint density at radius 2 is 1.97 bits per heavy atom. The summed E-state index contributed by atoms with van der Waals surface area (Å²) in [5, 5.41) is 4.78. The van der Waals surface area contributed by atoms with E-state index in [1.165, 1.54) is 6.33 Å². The molecule has 6 nitrogen and oxygen atoms in total. The third-order valence-electron chi connectivity index (χ3n) is 4.38. The summed E-state index contributed by atoms with van der Waals surface area (Å²) in [4.78, 5) is 23.9. The van der Waals surface area contributed by atoms with E-state index in [0.29, 0.717) is 28.7 Å². The highest BCUT2D eigenvalue weighted by Crippen LogP contribution is 2.29. The molecule has 0 bridgehead atoms. The Morgan fingerprint density at radius 1 is 1.14 bits per heavy atom. The van der Waals surface area contributed by atoms with Crippen molar-refractivity contribution in [3.05, 3.63) is 71.5 Å². The van der Waals surface area contributed by atoms with E-state index < -0.39 is 0 Å². The van der Waals surface area contributed by atoms with Gasteiger partial charge in [0.15, 0.2) is 0 Å². The minimum absolute atomic E-state index is 0.311. The molecule has 2 heterocycles. The molecule has 146 valence electrons. The number of nitrogens with one attached hydrogen (secondary N) is 2. The first-order valence-corrected chi connectivity index (χ1v) is 9.65. The van der Waals surface area contributed by atoms with Crippen LogP contribution in [-0.2, 0) is 4.74 Å². The number of nitrogens with zero attached hydrogens (tertiary/aromatic N) is 2. The van der Waals surface area contributed by atoms with Crippen LogP contribution < -0.4 is 5.32 Å². The summed E-state index contributed by atoms with van der Waals surface area (Å²) in [7, 11) is 0. The molecule has 0 amide bonds. The number of aromatic nitrogens is 3. The molecule has 29 heavy (non-hydrogen) atoms. The van der Waals surface area contributed by atoms with Crippen molar-refractivity contribution in [1.29, 1.82) is 0 Å². The van der Waals surface area contributed by atoms with Gasteiger partial charge in [-0.25, -0.2) is 14.8 Å². The molecule has 0 saturated carbocycles. The van der Waals surface area contributed by atoms with Crippen molar-refractivity contribution in [2.45, 2.75) is 13.3 Å². The number of esters is 1. The van der Waals surface area contributed by atoms with E-state index in [-0.39, 0.29) is 5.97 Å². The summed E-state index contributed by atoms with van der Waals surface area (Å²) < 4.78 is 5.17. The third kappa shape index (κ3) is 4.22. The molecular weight excluding hydrogens is 388 g/mol. The van der Waals surface area contributed by atoms with E-state index >= 15 is 0 Å². The van der Waals surface area contributed by atoms with Gasteiger partial charge in [-0.05, 0) is 48.4 Å². The first-order chi connectivity index (χ1) is 14.1. The maximum absolute atomic E-state index is 12.0. The van der Waals surface area contributed by atoms with Gasteiger partial charge in [-0.2, -0.15) is 0 Å². The first kappa shape index (κ1) is 19.0. The smallest absolute Gasteiger partial charge is 0.338 e. The summed E-state index contributed by atoms with van der Waals surface area (Å²) in [5.41, 5.74) is 3.90. The van der Waals surface area contributed by atoms with E-state index in [9.17, 15) is 4.79 Å². The van der Waals surface area contributed by atoms with Gasteiger partial charge in [-0.1, -0.05) is 36.7 Å². The van der Waals surface area contributed by atoms with Crippen molar-refractivity contribution in [3.8, 4) is 11.3 Å². The molecule has 4 aromatic rings. The molecule has 0 fully saturated rings. The quantitative estimate of drug-likeness (QED) is 0.408. The van der Waals surface area contributed by atoms with E-state index in [4.69, 9.17) is 16.3 Å². The zero-order valence-electron chi connectivity index (χ0n) is 15.8. The molecule has 4 rings (SSSR count). The van der Waals surface area contributed by atoms with E-state index in [2.05, 4.69) is 20.3 Å². The van der Waals surface area contributed by atoms with Crippen LogP contribution in [0.2, 0.25) is 5.02 Å². The summed E-state index contributed by atoms with van der Waals surface area (Å²) >= 11 is 6.06. The number of hydrogen-bond acceptors (Lipinski definition) is 5. The van der Waals surface area contributed by atoms with Gasteiger partial charge in [0, 0.05) is 16.4 Å². The number of benzene rings is 2. The summed E-state index contributed by atoms with van der Waals surface area (Å²) in [6, 6.07) is 16.7. The molecule has 0 atom stereocenters. The Bertz CT molecular complexity index is 1160. The molecule has 2 N–H and O–H groups in total. The van der Waals surface area contributed by atoms with Crippen LogP contribution in [0.1, 0.15) is 23.7 Å². The van der Waals surface area contributed by atoms with Crippen LogP contribution in [0, 0.1) is 0 Å². The van der Waals surface area contributed by atoms with Gasteiger partial charge in [0.2, 0.25) is 0 Å². The topological polar surface area (TPSA) is 79.9 Å². The predicted molar refractivity (Wildman–Crippen MR) is 115 cm³/mol. The molecule has 0 radical (unpaired) electrons. The summed E-state index contributed by atoms with van der Waals surface area (Å²) in [6.45, 7) is 2.38. The fraction of sp³-hybridized carbons (Fsp3) is 0.136. The van der Waals surface area contributed by atoms with Crippen LogP contribution in [0.4, 0.5) is 11.5 Å². The Labute approximate surface area is 172 Å². The van der Waals surface area contributed by atoms with Crippen molar-refractivity contribution >= 4 is 40.1 Å². The fourth-order valence-electron chi connectivity index (χ4n) is 2.96. The minimum atomic E-state index is -0.311. The molecule has 0 aliphatic rings. The number of rotatable bonds is 6. The molecular formula is C22H19ClN4O2. The third-order valence-corrected chi connectivity index (χ3v) is 4.62. The summed E-state index contributed by atoms with van der Waals surface area (Å²) in [5.74, 6) is 0.369. The van der Waals surface area contributed by atoms with Crippen LogP contribution in [0.3, 0.4) is 0 Å². The van der Waals surface area contributed by atoms with Crippen molar-refractivity contribution in [1.82, 2.24) is 15.0 Å². The van der Waals surface area contributed by atoms with Gasteiger partial charge < -0.3 is 15.0 Å². The second-order valence-corrected chi connectivity index (χ2v) is 6.95. The standard InChI is InChI=1S/C22H19ClN4O2/c1-2-10-29-22(28)15-8-6-14(7-9-15)19-12-18-20(24-13-25-21(18)27-19)26-17-5-3-4-16(23)11-17/h3-9,11-13H,2,10H2,1H3,(H2,24,25,26,27). The first-order valence-electron chi connectivity index (χ1n) is 9.28. The van der Waals surface area contributed by atoms with Crippen LogP contribution in [0.15, 0.2) is 60.9 Å². The Kier molecular flexibility index (Phi) is 5.44. The number of carbonyl (C=O) groups excluding carboxylic acids is 1. The van der Waals surface area contributed by atoms with Crippen LogP contribution in [-0.4, -0.2) is 27.5 Å². The molecule has 0 aliphatic carbocycles. The molecule has 0 spiro atoms. The molecule has 0 saturated heterocycles. The number of aromatic amines is 1. The number of ether oxygens (including phenoxy) is 1. The maximum atomic E-state index is 12.0. The number of anilines is 2. The average molecular weight is 407 g/mol. The lowest BCUT2D eigenvalue weighted by molar-refractivity contribution is 0.0505. The van der Waals surface area contributed by atoms with E-state index in [0.717, 1.165) is 28.8 Å². The lowest BCUT2D eigenvalue weighted by Gasteiger charge is -2.06. The number of carbonyl (C=O) groups is 1. The van der Waals surface area contributed by atoms with Crippen molar-refractivity contribution < 1.29 is 9.53 Å². The van der Waals surface area contributed by atoms with Crippen molar-refractivity contribution in [3.63, 3.8) is 0 Å². The number of fused-ring (bicyclic) bond motifs is 1. The van der Waals surface area contributed by atoms with Gasteiger partial charge >= 0.3 is 5.97 Å². The van der Waals surface area contributed by atoms with Crippen molar-refractivity contribution in [2.24, 2.45) is 0 Å². The number of H-pyrrole nitrogens is 1. The lowest BCUT2D eigenvalue weighted by atomic mass is 10.1.